The van der Waals surface area contributed by atoms with Gasteiger partial charge in [0.05, 0.1) is 22.2 Å². The van der Waals surface area contributed by atoms with Crippen molar-refractivity contribution in [2.75, 3.05) is 17.9 Å². The van der Waals surface area contributed by atoms with Crippen LogP contribution in [0.1, 0.15) is 47.3 Å². The highest BCUT2D eigenvalue weighted by atomic mass is 32.2. The Bertz CT molecular complexity index is 1470. The second-order valence-electron chi connectivity index (χ2n) is 9.16. The number of anilines is 1. The van der Waals surface area contributed by atoms with E-state index in [4.69, 9.17) is 14.2 Å². The van der Waals surface area contributed by atoms with Gasteiger partial charge in [0.25, 0.3) is 15.9 Å². The second kappa shape index (κ2) is 10.7. The average Bonchev–Trinajstić information content (AvgIpc) is 2.93. The Labute approximate surface area is 221 Å². The van der Waals surface area contributed by atoms with Crippen LogP contribution in [0.5, 0.6) is 11.5 Å². The van der Waals surface area contributed by atoms with Gasteiger partial charge in [-0.05, 0) is 61.6 Å². The summed E-state index contributed by atoms with van der Waals surface area (Å²) in [4.78, 5) is 25.8. The molecule has 1 aliphatic carbocycles. The summed E-state index contributed by atoms with van der Waals surface area (Å²) in [5, 5.41) is 2.98. The van der Waals surface area contributed by atoms with Gasteiger partial charge in [-0.25, -0.2) is 13.2 Å². The zero-order valence-corrected chi connectivity index (χ0v) is 21.6. The third-order valence-electron chi connectivity index (χ3n) is 6.55. The number of fused-ring (bicyclic) bond motifs is 2. The van der Waals surface area contributed by atoms with E-state index in [1.165, 1.54) is 42.8 Å². The highest BCUT2D eigenvalue weighted by Crippen LogP contribution is 2.33. The average molecular weight is 537 g/mol. The lowest BCUT2D eigenvalue weighted by molar-refractivity contribution is -0.130. The molecule has 38 heavy (non-hydrogen) atoms. The maximum absolute atomic E-state index is 13.1. The van der Waals surface area contributed by atoms with Crippen molar-refractivity contribution in [2.45, 2.75) is 43.2 Å². The maximum atomic E-state index is 13.1. The van der Waals surface area contributed by atoms with Crippen LogP contribution >= 0.6 is 0 Å². The molecule has 5 rings (SSSR count). The molecule has 2 N–H and O–H groups in total. The van der Waals surface area contributed by atoms with Crippen molar-refractivity contribution in [3.8, 4) is 11.5 Å². The quantitative estimate of drug-likeness (QED) is 0.438. The summed E-state index contributed by atoms with van der Waals surface area (Å²) in [5.41, 5.74) is 2.29. The molecule has 3 aromatic carbocycles. The SMILES string of the molecule is CC(OC(=O)c1ccccc1NS(=O)(=O)c1ccc2c(c1)OCCO2)C(=O)NC1CCCc2ccccc21. The fourth-order valence-electron chi connectivity index (χ4n) is 4.62. The first-order valence-electron chi connectivity index (χ1n) is 12.4. The third-order valence-corrected chi connectivity index (χ3v) is 7.92. The number of rotatable bonds is 7. The first kappa shape index (κ1) is 25.6. The molecule has 0 fully saturated rings. The van der Waals surface area contributed by atoms with E-state index in [9.17, 15) is 18.0 Å². The maximum Gasteiger partial charge on any atom is 0.341 e. The largest absolute Gasteiger partial charge is 0.486 e. The molecule has 2 unspecified atom stereocenters. The monoisotopic (exact) mass is 536 g/mol. The fourth-order valence-corrected chi connectivity index (χ4v) is 5.71. The minimum atomic E-state index is -4.07. The number of carbonyl (C=O) groups is 2. The van der Waals surface area contributed by atoms with E-state index in [0.717, 1.165) is 24.8 Å². The molecule has 0 spiro atoms. The Morgan fingerprint density at radius 1 is 0.974 bits per heavy atom. The first-order chi connectivity index (χ1) is 18.3. The van der Waals surface area contributed by atoms with Crippen molar-refractivity contribution in [1.29, 1.82) is 0 Å². The van der Waals surface area contributed by atoms with E-state index in [2.05, 4.69) is 16.1 Å². The second-order valence-corrected chi connectivity index (χ2v) is 10.8. The number of hydrogen-bond acceptors (Lipinski definition) is 7. The molecule has 1 aliphatic heterocycles. The van der Waals surface area contributed by atoms with Crippen LogP contribution in [0, 0.1) is 0 Å². The number of aryl methyl sites for hydroxylation is 1. The standard InChI is InChI=1S/C28H28N2O7S/c1-18(27(31)29-23-12-6-8-19-7-2-3-9-21(19)23)37-28(32)22-10-4-5-11-24(22)30-38(33,34)20-13-14-25-26(17-20)36-16-15-35-25/h2-5,7,9-11,13-14,17-18,23,30H,6,8,12,15-16H2,1H3,(H,29,31). The van der Waals surface area contributed by atoms with E-state index >= 15 is 0 Å². The minimum Gasteiger partial charge on any atom is -0.486 e. The van der Waals surface area contributed by atoms with E-state index in [1.807, 2.05) is 18.2 Å². The Balaban J connectivity index is 1.27. The molecule has 2 atom stereocenters. The summed E-state index contributed by atoms with van der Waals surface area (Å²) < 4.78 is 45.0. The number of carbonyl (C=O) groups excluding carboxylic acids is 2. The van der Waals surface area contributed by atoms with Crippen molar-refractivity contribution < 1.29 is 32.2 Å². The number of benzene rings is 3. The predicted octanol–water partition coefficient (Wildman–Crippen LogP) is 4.00. The number of sulfonamides is 1. The Morgan fingerprint density at radius 3 is 2.55 bits per heavy atom. The van der Waals surface area contributed by atoms with Gasteiger partial charge in [0, 0.05) is 6.07 Å². The molecule has 0 saturated carbocycles. The Kier molecular flexibility index (Phi) is 7.24. The van der Waals surface area contributed by atoms with Crippen molar-refractivity contribution in [3.63, 3.8) is 0 Å². The molecule has 0 saturated heterocycles. The van der Waals surface area contributed by atoms with Crippen LogP contribution in [0.15, 0.2) is 71.6 Å². The number of hydrogen-bond donors (Lipinski definition) is 2. The fraction of sp³-hybridized carbons (Fsp3) is 0.286. The molecule has 0 radical (unpaired) electrons. The summed E-state index contributed by atoms with van der Waals surface area (Å²) in [6, 6.07) is 18.2. The van der Waals surface area contributed by atoms with Gasteiger partial charge < -0.3 is 19.5 Å². The lowest BCUT2D eigenvalue weighted by Crippen LogP contribution is -2.39. The lowest BCUT2D eigenvalue weighted by Gasteiger charge is -2.27. The summed E-state index contributed by atoms with van der Waals surface area (Å²) in [6.07, 6.45) is 1.63. The van der Waals surface area contributed by atoms with Crippen molar-refractivity contribution in [1.82, 2.24) is 5.32 Å². The topological polar surface area (TPSA) is 120 Å². The normalized spacial score (nSPS) is 17.0. The summed E-state index contributed by atoms with van der Waals surface area (Å²) in [5.74, 6) is -0.457. The number of ether oxygens (including phenoxy) is 3. The molecule has 2 aliphatic rings. The summed E-state index contributed by atoms with van der Waals surface area (Å²) in [7, 11) is -4.07. The number of amides is 1. The minimum absolute atomic E-state index is 0.0173. The van der Waals surface area contributed by atoms with Crippen LogP contribution in [0.2, 0.25) is 0 Å². The number of nitrogens with one attached hydrogen (secondary N) is 2. The van der Waals surface area contributed by atoms with Crippen molar-refractivity contribution >= 4 is 27.6 Å². The van der Waals surface area contributed by atoms with Gasteiger partial charge in [0.15, 0.2) is 17.6 Å². The van der Waals surface area contributed by atoms with E-state index in [1.54, 1.807) is 12.1 Å². The van der Waals surface area contributed by atoms with Gasteiger partial charge >= 0.3 is 5.97 Å². The van der Waals surface area contributed by atoms with Crippen molar-refractivity contribution in [3.05, 3.63) is 83.4 Å². The van der Waals surface area contributed by atoms with Gasteiger partial charge in [-0.3, -0.25) is 9.52 Å². The van der Waals surface area contributed by atoms with Crippen LogP contribution in [0.4, 0.5) is 5.69 Å². The molecule has 1 heterocycles. The zero-order chi connectivity index (χ0) is 26.7. The van der Waals surface area contributed by atoms with Crippen LogP contribution in [0.25, 0.3) is 0 Å². The van der Waals surface area contributed by atoms with Crippen LogP contribution in [0.3, 0.4) is 0 Å². The number of para-hydroxylation sites is 1. The zero-order valence-electron chi connectivity index (χ0n) is 20.8. The molecule has 1 amide bonds. The molecule has 9 nitrogen and oxygen atoms in total. The van der Waals surface area contributed by atoms with Gasteiger partial charge in [0.2, 0.25) is 0 Å². The van der Waals surface area contributed by atoms with Gasteiger partial charge in [-0.1, -0.05) is 36.4 Å². The van der Waals surface area contributed by atoms with E-state index < -0.39 is 28.0 Å². The molecular weight excluding hydrogens is 508 g/mol. The highest BCUT2D eigenvalue weighted by molar-refractivity contribution is 7.92. The molecule has 3 aromatic rings. The molecule has 198 valence electrons. The smallest absolute Gasteiger partial charge is 0.341 e. The van der Waals surface area contributed by atoms with Gasteiger partial charge in [0.1, 0.15) is 13.2 Å². The highest BCUT2D eigenvalue weighted by Gasteiger charge is 2.27. The predicted molar refractivity (Wildman–Crippen MR) is 140 cm³/mol. The first-order valence-corrected chi connectivity index (χ1v) is 13.9. The molecule has 10 heteroatoms. The third kappa shape index (κ3) is 5.45. The summed E-state index contributed by atoms with van der Waals surface area (Å²) >= 11 is 0. The van der Waals surface area contributed by atoms with E-state index in [-0.39, 0.29) is 22.2 Å². The molecule has 0 aromatic heterocycles. The Hall–Kier alpha value is -4.05. The van der Waals surface area contributed by atoms with Gasteiger partial charge in [-0.2, -0.15) is 0 Å². The van der Waals surface area contributed by atoms with E-state index in [0.29, 0.717) is 24.7 Å². The van der Waals surface area contributed by atoms with Gasteiger partial charge in [-0.15, -0.1) is 0 Å². The molecule has 0 bridgehead atoms. The Morgan fingerprint density at radius 2 is 1.71 bits per heavy atom. The van der Waals surface area contributed by atoms with Crippen molar-refractivity contribution in [2.24, 2.45) is 0 Å². The summed E-state index contributed by atoms with van der Waals surface area (Å²) in [6.45, 7) is 2.19. The van der Waals surface area contributed by atoms with Crippen LogP contribution in [-0.4, -0.2) is 39.6 Å². The lowest BCUT2D eigenvalue weighted by atomic mass is 9.87. The van der Waals surface area contributed by atoms with Crippen LogP contribution < -0.4 is 19.5 Å². The number of esters is 1. The molecular formula is C28H28N2O7S. The van der Waals surface area contributed by atoms with Crippen LogP contribution in [-0.2, 0) is 26.0 Å².